The van der Waals surface area contributed by atoms with Crippen LogP contribution in [0.2, 0.25) is 0 Å². The van der Waals surface area contributed by atoms with Crippen LogP contribution in [-0.2, 0) is 9.59 Å². The van der Waals surface area contributed by atoms with Gasteiger partial charge in [0, 0.05) is 19.5 Å². The molecule has 0 aromatic rings. The zero-order valence-corrected chi connectivity index (χ0v) is 10.6. The van der Waals surface area contributed by atoms with E-state index in [2.05, 4.69) is 0 Å². The highest BCUT2D eigenvalue weighted by molar-refractivity contribution is 5.79. The number of likely N-dealkylation sites (tertiary alicyclic amines) is 1. The molecule has 5 heteroatoms. The molecule has 0 saturated carbocycles. The van der Waals surface area contributed by atoms with Crippen LogP contribution in [0.4, 0.5) is 0 Å². The van der Waals surface area contributed by atoms with Gasteiger partial charge in [-0.05, 0) is 18.4 Å². The molecule has 1 unspecified atom stereocenters. The molecule has 0 bridgehead atoms. The van der Waals surface area contributed by atoms with Crippen molar-refractivity contribution < 1.29 is 14.7 Å². The van der Waals surface area contributed by atoms with E-state index < -0.39 is 11.9 Å². The maximum atomic E-state index is 12.0. The summed E-state index contributed by atoms with van der Waals surface area (Å²) in [5.74, 6) is -0.940. The predicted octanol–water partition coefficient (Wildman–Crippen LogP) is 0.541. The lowest BCUT2D eigenvalue weighted by molar-refractivity contribution is -0.142. The number of carbonyl (C=O) groups is 2. The number of hydrogen-bond acceptors (Lipinski definition) is 3. The molecule has 1 rings (SSSR count). The molecule has 1 amide bonds. The summed E-state index contributed by atoms with van der Waals surface area (Å²) in [6.45, 7) is 5.30. The first kappa shape index (κ1) is 14.0. The van der Waals surface area contributed by atoms with E-state index in [1.165, 1.54) is 0 Å². The summed E-state index contributed by atoms with van der Waals surface area (Å²) < 4.78 is 0. The monoisotopic (exact) mass is 242 g/mol. The van der Waals surface area contributed by atoms with Crippen molar-refractivity contribution >= 4 is 11.9 Å². The van der Waals surface area contributed by atoms with Gasteiger partial charge >= 0.3 is 5.97 Å². The first-order valence-corrected chi connectivity index (χ1v) is 6.20. The van der Waals surface area contributed by atoms with E-state index in [9.17, 15) is 9.59 Å². The van der Waals surface area contributed by atoms with Gasteiger partial charge in [-0.1, -0.05) is 20.3 Å². The number of nitrogens with zero attached hydrogens (tertiary/aromatic N) is 1. The Bertz CT molecular complexity index is 289. The standard InChI is InChI=1S/C12H22N2O3/c1-3-9(5-13)4-11(15)14-6-8(2)10(7-14)12(16)17/h8-10H,3-7,13H2,1-2H3,(H,16,17)/t8-,9?,10-/m1/s1. The summed E-state index contributed by atoms with van der Waals surface area (Å²) in [5, 5.41) is 9.00. The van der Waals surface area contributed by atoms with Crippen molar-refractivity contribution in [3.05, 3.63) is 0 Å². The third-order valence-electron chi connectivity index (χ3n) is 3.66. The third-order valence-corrected chi connectivity index (χ3v) is 3.66. The molecule has 0 radical (unpaired) electrons. The van der Waals surface area contributed by atoms with Crippen LogP contribution in [-0.4, -0.2) is 41.5 Å². The Morgan fingerprint density at radius 1 is 1.47 bits per heavy atom. The number of carboxylic acid groups (broad SMARTS) is 1. The molecule has 17 heavy (non-hydrogen) atoms. The van der Waals surface area contributed by atoms with Crippen LogP contribution in [0.1, 0.15) is 26.7 Å². The van der Waals surface area contributed by atoms with Gasteiger partial charge in [-0.2, -0.15) is 0 Å². The minimum atomic E-state index is -0.807. The van der Waals surface area contributed by atoms with Crippen LogP contribution in [0, 0.1) is 17.8 Å². The van der Waals surface area contributed by atoms with Gasteiger partial charge in [-0.25, -0.2) is 0 Å². The summed E-state index contributed by atoms with van der Waals surface area (Å²) in [7, 11) is 0. The van der Waals surface area contributed by atoms with Gasteiger partial charge in [0.15, 0.2) is 0 Å². The molecule has 1 saturated heterocycles. The molecule has 0 aliphatic carbocycles. The summed E-state index contributed by atoms with van der Waals surface area (Å²) in [6.07, 6.45) is 1.32. The second-order valence-electron chi connectivity index (χ2n) is 4.93. The van der Waals surface area contributed by atoms with Gasteiger partial charge in [0.2, 0.25) is 5.91 Å². The minimum Gasteiger partial charge on any atom is -0.481 e. The van der Waals surface area contributed by atoms with Crippen molar-refractivity contribution in [2.75, 3.05) is 19.6 Å². The molecule has 0 spiro atoms. The molecule has 1 fully saturated rings. The van der Waals surface area contributed by atoms with Gasteiger partial charge < -0.3 is 15.7 Å². The van der Waals surface area contributed by atoms with E-state index in [1.54, 1.807) is 4.90 Å². The Kier molecular flexibility index (Phi) is 4.93. The molecule has 98 valence electrons. The van der Waals surface area contributed by atoms with Crippen molar-refractivity contribution in [3.63, 3.8) is 0 Å². The van der Waals surface area contributed by atoms with Gasteiger partial charge in [0.1, 0.15) is 0 Å². The topological polar surface area (TPSA) is 83.6 Å². The zero-order chi connectivity index (χ0) is 13.0. The maximum absolute atomic E-state index is 12.0. The number of carbonyl (C=O) groups excluding carboxylic acids is 1. The first-order valence-electron chi connectivity index (χ1n) is 6.20. The van der Waals surface area contributed by atoms with Crippen molar-refractivity contribution in [2.24, 2.45) is 23.5 Å². The highest BCUT2D eigenvalue weighted by atomic mass is 16.4. The van der Waals surface area contributed by atoms with E-state index in [1.807, 2.05) is 13.8 Å². The fourth-order valence-electron chi connectivity index (χ4n) is 2.26. The number of aliphatic carboxylic acids is 1. The molecular formula is C12H22N2O3. The van der Waals surface area contributed by atoms with Gasteiger partial charge in [-0.15, -0.1) is 0 Å². The lowest BCUT2D eigenvalue weighted by atomic mass is 9.99. The highest BCUT2D eigenvalue weighted by Gasteiger charge is 2.36. The SMILES string of the molecule is CCC(CN)CC(=O)N1C[C@@H](C)[C@H](C(=O)O)C1. The van der Waals surface area contributed by atoms with E-state index in [4.69, 9.17) is 10.8 Å². The lowest BCUT2D eigenvalue weighted by Gasteiger charge is -2.19. The summed E-state index contributed by atoms with van der Waals surface area (Å²) in [6, 6.07) is 0. The Hall–Kier alpha value is -1.10. The van der Waals surface area contributed by atoms with Crippen molar-refractivity contribution in [2.45, 2.75) is 26.7 Å². The van der Waals surface area contributed by atoms with Crippen molar-refractivity contribution in [1.82, 2.24) is 4.90 Å². The van der Waals surface area contributed by atoms with E-state index in [0.29, 0.717) is 26.1 Å². The fraction of sp³-hybridized carbons (Fsp3) is 0.833. The van der Waals surface area contributed by atoms with Crippen molar-refractivity contribution in [1.29, 1.82) is 0 Å². The van der Waals surface area contributed by atoms with Gasteiger partial charge in [-0.3, -0.25) is 9.59 Å². The number of hydrogen-bond donors (Lipinski definition) is 2. The second-order valence-corrected chi connectivity index (χ2v) is 4.93. The average molecular weight is 242 g/mol. The lowest BCUT2D eigenvalue weighted by Crippen LogP contribution is -2.32. The summed E-state index contributed by atoms with van der Waals surface area (Å²) in [5.41, 5.74) is 5.57. The molecule has 3 atom stereocenters. The third kappa shape index (κ3) is 3.43. The Morgan fingerprint density at radius 3 is 2.53 bits per heavy atom. The average Bonchev–Trinajstić information content (AvgIpc) is 2.68. The van der Waals surface area contributed by atoms with E-state index in [0.717, 1.165) is 6.42 Å². The van der Waals surface area contributed by atoms with E-state index >= 15 is 0 Å². The largest absolute Gasteiger partial charge is 0.481 e. The first-order chi connectivity index (χ1) is 7.99. The van der Waals surface area contributed by atoms with Crippen LogP contribution in [0.25, 0.3) is 0 Å². The molecular weight excluding hydrogens is 220 g/mol. The normalized spacial score (nSPS) is 25.9. The number of rotatable bonds is 5. The Labute approximate surface area is 102 Å². The van der Waals surface area contributed by atoms with Crippen LogP contribution >= 0.6 is 0 Å². The summed E-state index contributed by atoms with van der Waals surface area (Å²) >= 11 is 0. The molecule has 0 aromatic heterocycles. The second kappa shape index (κ2) is 6.00. The molecule has 1 aliphatic rings. The number of carboxylic acids is 1. The maximum Gasteiger partial charge on any atom is 0.308 e. The fourth-order valence-corrected chi connectivity index (χ4v) is 2.26. The Balaban J connectivity index is 2.52. The van der Waals surface area contributed by atoms with E-state index in [-0.39, 0.29) is 17.7 Å². The molecule has 3 N–H and O–H groups in total. The molecule has 1 aliphatic heterocycles. The number of nitrogens with two attached hydrogens (primary N) is 1. The Morgan fingerprint density at radius 2 is 2.12 bits per heavy atom. The molecule has 5 nitrogen and oxygen atoms in total. The van der Waals surface area contributed by atoms with Crippen LogP contribution in [0.15, 0.2) is 0 Å². The smallest absolute Gasteiger partial charge is 0.308 e. The van der Waals surface area contributed by atoms with Gasteiger partial charge in [0.05, 0.1) is 5.92 Å². The predicted molar refractivity (Wildman–Crippen MR) is 64.3 cm³/mol. The number of amides is 1. The van der Waals surface area contributed by atoms with Crippen LogP contribution in [0.3, 0.4) is 0 Å². The van der Waals surface area contributed by atoms with Crippen LogP contribution < -0.4 is 5.73 Å². The zero-order valence-electron chi connectivity index (χ0n) is 10.6. The molecule has 0 aromatic carbocycles. The van der Waals surface area contributed by atoms with Crippen molar-refractivity contribution in [3.8, 4) is 0 Å². The summed E-state index contributed by atoms with van der Waals surface area (Å²) in [4.78, 5) is 24.6. The van der Waals surface area contributed by atoms with Gasteiger partial charge in [0.25, 0.3) is 0 Å². The minimum absolute atomic E-state index is 0.0365. The molecule has 1 heterocycles. The van der Waals surface area contributed by atoms with Crippen LogP contribution in [0.5, 0.6) is 0 Å². The quantitative estimate of drug-likeness (QED) is 0.737. The highest BCUT2D eigenvalue weighted by Crippen LogP contribution is 2.24.